The van der Waals surface area contributed by atoms with Crippen LogP contribution in [0, 0.1) is 0 Å². The number of nitrogens with two attached hydrogens (primary N) is 1. The van der Waals surface area contributed by atoms with E-state index in [9.17, 15) is 0 Å². The van der Waals surface area contributed by atoms with E-state index in [1.807, 2.05) is 18.2 Å². The van der Waals surface area contributed by atoms with Crippen molar-refractivity contribution in [3.63, 3.8) is 0 Å². The van der Waals surface area contributed by atoms with E-state index in [1.165, 1.54) is 5.56 Å². The lowest BCUT2D eigenvalue weighted by atomic mass is 10.1. The van der Waals surface area contributed by atoms with Crippen molar-refractivity contribution in [2.24, 2.45) is 5.73 Å². The lowest BCUT2D eigenvalue weighted by Crippen LogP contribution is -2.35. The van der Waals surface area contributed by atoms with Crippen LogP contribution in [0.25, 0.3) is 0 Å². The van der Waals surface area contributed by atoms with Crippen LogP contribution >= 0.6 is 0 Å². The molecule has 1 aliphatic heterocycles. The third-order valence-electron chi connectivity index (χ3n) is 2.37. The molecule has 2 atom stereocenters. The highest BCUT2D eigenvalue weighted by Crippen LogP contribution is 2.29. The summed E-state index contributed by atoms with van der Waals surface area (Å²) in [7, 11) is 0. The molecule has 1 aliphatic rings. The van der Waals surface area contributed by atoms with Gasteiger partial charge in [-0.25, -0.2) is 0 Å². The second kappa shape index (κ2) is 3.23. The van der Waals surface area contributed by atoms with Crippen LogP contribution in [0.5, 0.6) is 5.75 Å². The lowest BCUT2D eigenvalue weighted by molar-refractivity contribution is 0.217. The molecule has 0 aliphatic carbocycles. The summed E-state index contributed by atoms with van der Waals surface area (Å²) in [5, 5.41) is 0. The van der Waals surface area contributed by atoms with Crippen LogP contribution in [-0.4, -0.2) is 12.1 Å². The zero-order valence-corrected chi connectivity index (χ0v) is 7.44. The Morgan fingerprint density at radius 3 is 3.00 bits per heavy atom. The summed E-state index contributed by atoms with van der Waals surface area (Å²) in [6, 6.07) is 7.97. The average Bonchev–Trinajstić information content (AvgIpc) is 2.59. The Kier molecular flexibility index (Phi) is 2.07. The SMILES string of the molecule is C=CC(N)C1Cc2ccccc2O1. The molecule has 0 saturated carbocycles. The van der Waals surface area contributed by atoms with Crippen LogP contribution in [0.3, 0.4) is 0 Å². The van der Waals surface area contributed by atoms with Gasteiger partial charge in [-0.3, -0.25) is 0 Å². The summed E-state index contributed by atoms with van der Waals surface area (Å²) in [5.41, 5.74) is 7.06. The lowest BCUT2D eigenvalue weighted by Gasteiger charge is -2.14. The van der Waals surface area contributed by atoms with Gasteiger partial charge < -0.3 is 10.5 Å². The fourth-order valence-corrected chi connectivity index (χ4v) is 1.58. The predicted molar refractivity (Wildman–Crippen MR) is 52.7 cm³/mol. The highest BCUT2D eigenvalue weighted by Gasteiger charge is 2.25. The molecule has 0 aromatic heterocycles. The zero-order valence-electron chi connectivity index (χ0n) is 7.44. The molecule has 1 aromatic rings. The normalized spacial score (nSPS) is 21.8. The van der Waals surface area contributed by atoms with E-state index >= 15 is 0 Å². The van der Waals surface area contributed by atoms with E-state index in [0.717, 1.165) is 12.2 Å². The molecule has 68 valence electrons. The number of para-hydroxylation sites is 1. The van der Waals surface area contributed by atoms with Crippen LogP contribution in [0.4, 0.5) is 0 Å². The fourth-order valence-electron chi connectivity index (χ4n) is 1.58. The van der Waals surface area contributed by atoms with Crippen LogP contribution in [0.15, 0.2) is 36.9 Å². The molecule has 2 nitrogen and oxygen atoms in total. The van der Waals surface area contributed by atoms with Gasteiger partial charge in [0, 0.05) is 6.42 Å². The van der Waals surface area contributed by atoms with E-state index in [2.05, 4.69) is 12.6 Å². The summed E-state index contributed by atoms with van der Waals surface area (Å²) in [6.45, 7) is 3.66. The largest absolute Gasteiger partial charge is 0.488 e. The van der Waals surface area contributed by atoms with Crippen LogP contribution in [0.2, 0.25) is 0 Å². The minimum atomic E-state index is -0.0765. The highest BCUT2D eigenvalue weighted by atomic mass is 16.5. The van der Waals surface area contributed by atoms with Crippen molar-refractivity contribution in [2.45, 2.75) is 18.6 Å². The standard InChI is InChI=1S/C11H13NO/c1-2-9(12)11-7-8-5-3-4-6-10(8)13-11/h2-6,9,11H,1,7,12H2. The molecule has 1 aromatic carbocycles. The second-order valence-corrected chi connectivity index (χ2v) is 3.28. The monoisotopic (exact) mass is 175 g/mol. The number of benzene rings is 1. The quantitative estimate of drug-likeness (QED) is 0.691. The molecule has 2 unspecified atom stereocenters. The van der Waals surface area contributed by atoms with E-state index in [1.54, 1.807) is 6.08 Å². The molecular weight excluding hydrogens is 162 g/mol. The van der Waals surface area contributed by atoms with Gasteiger partial charge in [0.05, 0.1) is 6.04 Å². The third-order valence-corrected chi connectivity index (χ3v) is 2.37. The molecular formula is C11H13NO. The second-order valence-electron chi connectivity index (χ2n) is 3.28. The fraction of sp³-hybridized carbons (Fsp3) is 0.273. The number of ether oxygens (including phenoxy) is 1. The minimum Gasteiger partial charge on any atom is -0.488 e. The Bertz CT molecular complexity index is 297. The maximum absolute atomic E-state index is 5.81. The van der Waals surface area contributed by atoms with E-state index in [4.69, 9.17) is 10.5 Å². The molecule has 0 fully saturated rings. The Morgan fingerprint density at radius 2 is 2.31 bits per heavy atom. The smallest absolute Gasteiger partial charge is 0.123 e. The Balaban J connectivity index is 2.18. The Labute approximate surface area is 78.0 Å². The Morgan fingerprint density at radius 1 is 1.54 bits per heavy atom. The van der Waals surface area contributed by atoms with Crippen molar-refractivity contribution in [1.82, 2.24) is 0 Å². The van der Waals surface area contributed by atoms with Gasteiger partial charge in [0.25, 0.3) is 0 Å². The first-order valence-corrected chi connectivity index (χ1v) is 4.44. The van der Waals surface area contributed by atoms with Gasteiger partial charge in [-0.2, -0.15) is 0 Å². The molecule has 2 N–H and O–H groups in total. The van der Waals surface area contributed by atoms with Crippen LogP contribution < -0.4 is 10.5 Å². The van der Waals surface area contributed by atoms with Gasteiger partial charge in [-0.1, -0.05) is 24.3 Å². The summed E-state index contributed by atoms with van der Waals surface area (Å²) < 4.78 is 5.66. The van der Waals surface area contributed by atoms with Crippen molar-refractivity contribution in [1.29, 1.82) is 0 Å². The van der Waals surface area contributed by atoms with Gasteiger partial charge in [0.15, 0.2) is 0 Å². The summed E-state index contributed by atoms with van der Waals surface area (Å²) in [4.78, 5) is 0. The molecule has 0 saturated heterocycles. The Hall–Kier alpha value is -1.28. The van der Waals surface area contributed by atoms with Crippen molar-refractivity contribution < 1.29 is 4.74 Å². The molecule has 0 radical (unpaired) electrons. The molecule has 13 heavy (non-hydrogen) atoms. The maximum Gasteiger partial charge on any atom is 0.123 e. The number of fused-ring (bicyclic) bond motifs is 1. The van der Waals surface area contributed by atoms with Gasteiger partial charge >= 0.3 is 0 Å². The minimum absolute atomic E-state index is 0.0647. The maximum atomic E-state index is 5.81. The number of rotatable bonds is 2. The van der Waals surface area contributed by atoms with Gasteiger partial charge in [-0.15, -0.1) is 6.58 Å². The zero-order chi connectivity index (χ0) is 9.26. The van der Waals surface area contributed by atoms with E-state index in [-0.39, 0.29) is 12.1 Å². The van der Waals surface area contributed by atoms with Crippen LogP contribution in [-0.2, 0) is 6.42 Å². The van der Waals surface area contributed by atoms with E-state index in [0.29, 0.717) is 0 Å². The first-order valence-electron chi connectivity index (χ1n) is 4.44. The van der Waals surface area contributed by atoms with Gasteiger partial charge in [-0.05, 0) is 11.6 Å². The molecule has 2 rings (SSSR count). The molecule has 0 amide bonds. The summed E-state index contributed by atoms with van der Waals surface area (Å²) >= 11 is 0. The van der Waals surface area contributed by atoms with E-state index < -0.39 is 0 Å². The first-order chi connectivity index (χ1) is 6.31. The third kappa shape index (κ3) is 1.45. The first kappa shape index (κ1) is 8.32. The number of hydrogen-bond acceptors (Lipinski definition) is 2. The average molecular weight is 175 g/mol. The van der Waals surface area contributed by atoms with Gasteiger partial charge in [0.1, 0.15) is 11.9 Å². The molecule has 2 heteroatoms. The van der Waals surface area contributed by atoms with Crippen molar-refractivity contribution in [2.75, 3.05) is 0 Å². The summed E-state index contributed by atoms with van der Waals surface area (Å²) in [5.74, 6) is 0.963. The van der Waals surface area contributed by atoms with Gasteiger partial charge in [0.2, 0.25) is 0 Å². The number of hydrogen-bond donors (Lipinski definition) is 1. The predicted octanol–water partition coefficient (Wildman–Crippen LogP) is 1.50. The topological polar surface area (TPSA) is 35.2 Å². The summed E-state index contributed by atoms with van der Waals surface area (Å²) in [6.07, 6.45) is 2.69. The van der Waals surface area contributed by atoms with Crippen molar-refractivity contribution in [3.05, 3.63) is 42.5 Å². The molecule has 0 bridgehead atoms. The van der Waals surface area contributed by atoms with Crippen LogP contribution in [0.1, 0.15) is 5.56 Å². The van der Waals surface area contributed by atoms with Crippen molar-refractivity contribution in [3.8, 4) is 5.75 Å². The molecule has 0 spiro atoms. The highest BCUT2D eigenvalue weighted by molar-refractivity contribution is 5.37. The molecule has 1 heterocycles. The van der Waals surface area contributed by atoms with Crippen molar-refractivity contribution >= 4 is 0 Å².